The fourth-order valence-corrected chi connectivity index (χ4v) is 3.73. The van der Waals surface area contributed by atoms with Crippen LogP contribution in [-0.2, 0) is 10.5 Å². The monoisotopic (exact) mass is 391 g/mol. The van der Waals surface area contributed by atoms with Gasteiger partial charge in [0.25, 0.3) is 5.91 Å². The van der Waals surface area contributed by atoms with E-state index in [9.17, 15) is 4.79 Å². The molecule has 0 aliphatic carbocycles. The number of thioether (sulfide) groups is 1. The molecule has 0 radical (unpaired) electrons. The van der Waals surface area contributed by atoms with Crippen molar-refractivity contribution in [1.29, 1.82) is 0 Å². The van der Waals surface area contributed by atoms with Crippen molar-refractivity contribution in [2.75, 3.05) is 11.9 Å². The van der Waals surface area contributed by atoms with Gasteiger partial charge in [-0.15, -0.1) is 11.8 Å². The van der Waals surface area contributed by atoms with Gasteiger partial charge >= 0.3 is 0 Å². The number of hydrogen-bond donors (Lipinski definition) is 1. The first-order valence-corrected chi connectivity index (χ1v) is 10.3. The van der Waals surface area contributed by atoms with Crippen molar-refractivity contribution in [3.8, 4) is 5.75 Å². The quantitative estimate of drug-likeness (QED) is 0.508. The van der Waals surface area contributed by atoms with E-state index in [-0.39, 0.29) is 12.5 Å². The molecule has 0 spiro atoms. The molecule has 3 nitrogen and oxygen atoms in total. The molecule has 4 heteroatoms. The van der Waals surface area contributed by atoms with Gasteiger partial charge in [0.2, 0.25) is 0 Å². The topological polar surface area (TPSA) is 38.3 Å². The molecular weight excluding hydrogens is 366 g/mol. The first kappa shape index (κ1) is 20.0. The lowest BCUT2D eigenvalue weighted by molar-refractivity contribution is -0.118. The molecular formula is C24H25NO2S. The van der Waals surface area contributed by atoms with Gasteiger partial charge in [0, 0.05) is 16.3 Å². The van der Waals surface area contributed by atoms with Crippen molar-refractivity contribution in [1.82, 2.24) is 0 Å². The van der Waals surface area contributed by atoms with Gasteiger partial charge in [-0.3, -0.25) is 4.79 Å². The Labute approximate surface area is 171 Å². The Bertz CT molecular complexity index is 937. The summed E-state index contributed by atoms with van der Waals surface area (Å²) in [6.07, 6.45) is 0. The summed E-state index contributed by atoms with van der Waals surface area (Å²) >= 11 is 1.80. The maximum absolute atomic E-state index is 12.2. The maximum Gasteiger partial charge on any atom is 0.262 e. The summed E-state index contributed by atoms with van der Waals surface area (Å²) in [4.78, 5) is 13.5. The van der Waals surface area contributed by atoms with Crippen LogP contribution in [0.3, 0.4) is 0 Å². The molecule has 0 atom stereocenters. The van der Waals surface area contributed by atoms with E-state index in [1.165, 1.54) is 16.0 Å². The second-order valence-electron chi connectivity index (χ2n) is 6.84. The molecule has 0 bridgehead atoms. The summed E-state index contributed by atoms with van der Waals surface area (Å²) in [6.45, 7) is 6.08. The van der Waals surface area contributed by atoms with E-state index < -0.39 is 0 Å². The summed E-state index contributed by atoms with van der Waals surface area (Å²) in [5.41, 5.74) is 5.36. The Balaban J connectivity index is 1.50. The van der Waals surface area contributed by atoms with E-state index in [0.29, 0.717) is 0 Å². The summed E-state index contributed by atoms with van der Waals surface area (Å²) in [5.74, 6) is 1.50. The van der Waals surface area contributed by atoms with Gasteiger partial charge in [-0.2, -0.15) is 0 Å². The molecule has 1 amide bonds. The number of hydrogen-bond acceptors (Lipinski definition) is 3. The zero-order valence-corrected chi connectivity index (χ0v) is 17.3. The van der Waals surface area contributed by atoms with Crippen molar-refractivity contribution in [2.24, 2.45) is 0 Å². The van der Waals surface area contributed by atoms with Crippen LogP contribution in [0.25, 0.3) is 0 Å². The molecule has 3 rings (SSSR count). The van der Waals surface area contributed by atoms with E-state index >= 15 is 0 Å². The lowest BCUT2D eigenvalue weighted by Crippen LogP contribution is -2.20. The standard InChI is InChI=1S/C24H25NO2S/c1-17-13-18(2)19(3)23(14-17)27-15-24(26)25-21-11-9-20(10-12-21)16-28-22-7-5-4-6-8-22/h4-14H,15-16H2,1-3H3,(H,25,26). The zero-order chi connectivity index (χ0) is 19.9. The van der Waals surface area contributed by atoms with Gasteiger partial charge in [-0.1, -0.05) is 36.4 Å². The fourth-order valence-electron chi connectivity index (χ4n) is 2.86. The van der Waals surface area contributed by atoms with Crippen molar-refractivity contribution < 1.29 is 9.53 Å². The fraction of sp³-hybridized carbons (Fsp3) is 0.208. The molecule has 0 fully saturated rings. The van der Waals surface area contributed by atoms with E-state index in [2.05, 4.69) is 23.5 Å². The lowest BCUT2D eigenvalue weighted by Gasteiger charge is -2.12. The van der Waals surface area contributed by atoms with Gasteiger partial charge in [0.05, 0.1) is 0 Å². The van der Waals surface area contributed by atoms with Crippen LogP contribution >= 0.6 is 11.8 Å². The minimum absolute atomic E-state index is 0.00462. The highest BCUT2D eigenvalue weighted by atomic mass is 32.2. The van der Waals surface area contributed by atoms with Crippen molar-refractivity contribution >= 4 is 23.4 Å². The van der Waals surface area contributed by atoms with E-state index in [1.54, 1.807) is 11.8 Å². The molecule has 0 unspecified atom stereocenters. The Morgan fingerprint density at radius 1 is 0.964 bits per heavy atom. The van der Waals surface area contributed by atoms with Crippen LogP contribution in [0.4, 0.5) is 5.69 Å². The second-order valence-corrected chi connectivity index (χ2v) is 7.89. The molecule has 0 aromatic heterocycles. The number of amides is 1. The first-order valence-electron chi connectivity index (χ1n) is 9.28. The Hall–Kier alpha value is -2.72. The minimum atomic E-state index is -0.162. The third-order valence-corrected chi connectivity index (χ3v) is 5.59. The summed E-state index contributed by atoms with van der Waals surface area (Å²) in [7, 11) is 0. The number of rotatable bonds is 7. The number of ether oxygens (including phenoxy) is 1. The molecule has 0 aliphatic heterocycles. The Morgan fingerprint density at radius 3 is 2.39 bits per heavy atom. The van der Waals surface area contributed by atoms with Crippen LogP contribution in [0.5, 0.6) is 5.75 Å². The molecule has 0 saturated heterocycles. The summed E-state index contributed by atoms with van der Waals surface area (Å²) < 4.78 is 5.73. The van der Waals surface area contributed by atoms with Gasteiger partial charge in [-0.05, 0) is 73.4 Å². The van der Waals surface area contributed by atoms with E-state index in [4.69, 9.17) is 4.74 Å². The highest BCUT2D eigenvalue weighted by Crippen LogP contribution is 2.24. The van der Waals surface area contributed by atoms with Crippen LogP contribution < -0.4 is 10.1 Å². The minimum Gasteiger partial charge on any atom is -0.483 e. The molecule has 3 aromatic carbocycles. The average molecular weight is 392 g/mol. The van der Waals surface area contributed by atoms with Crippen LogP contribution in [0.2, 0.25) is 0 Å². The predicted octanol–water partition coefficient (Wildman–Crippen LogP) is 5.92. The highest BCUT2D eigenvalue weighted by molar-refractivity contribution is 7.98. The number of aryl methyl sites for hydroxylation is 2. The SMILES string of the molecule is Cc1cc(C)c(C)c(OCC(=O)Nc2ccc(CSc3ccccc3)cc2)c1. The van der Waals surface area contributed by atoms with Crippen molar-refractivity contribution in [2.45, 2.75) is 31.4 Å². The number of benzene rings is 3. The Morgan fingerprint density at radius 2 is 1.68 bits per heavy atom. The number of anilines is 1. The smallest absolute Gasteiger partial charge is 0.262 e. The van der Waals surface area contributed by atoms with Gasteiger partial charge in [0.1, 0.15) is 5.75 Å². The summed E-state index contributed by atoms with van der Waals surface area (Å²) in [5, 5.41) is 2.89. The van der Waals surface area contributed by atoms with Crippen LogP contribution in [-0.4, -0.2) is 12.5 Å². The van der Waals surface area contributed by atoms with Gasteiger partial charge in [0.15, 0.2) is 6.61 Å². The molecule has 1 N–H and O–H groups in total. The van der Waals surface area contributed by atoms with E-state index in [1.807, 2.05) is 69.3 Å². The predicted molar refractivity (Wildman–Crippen MR) is 117 cm³/mol. The zero-order valence-electron chi connectivity index (χ0n) is 16.5. The van der Waals surface area contributed by atoms with Crippen molar-refractivity contribution in [3.63, 3.8) is 0 Å². The third kappa shape index (κ3) is 5.64. The van der Waals surface area contributed by atoms with Crippen LogP contribution in [0.15, 0.2) is 71.6 Å². The van der Waals surface area contributed by atoms with E-state index in [0.717, 1.165) is 28.3 Å². The Kier molecular flexibility index (Phi) is 6.77. The number of carbonyl (C=O) groups excluding carboxylic acids is 1. The van der Waals surface area contributed by atoms with Gasteiger partial charge in [-0.25, -0.2) is 0 Å². The average Bonchev–Trinajstić information content (AvgIpc) is 2.70. The lowest BCUT2D eigenvalue weighted by atomic mass is 10.1. The molecule has 0 heterocycles. The molecule has 144 valence electrons. The third-order valence-electron chi connectivity index (χ3n) is 4.51. The maximum atomic E-state index is 12.2. The molecule has 0 aliphatic rings. The summed E-state index contributed by atoms with van der Waals surface area (Å²) in [6, 6.07) is 22.3. The number of carbonyl (C=O) groups is 1. The second kappa shape index (κ2) is 9.47. The normalized spacial score (nSPS) is 10.5. The van der Waals surface area contributed by atoms with Crippen LogP contribution in [0.1, 0.15) is 22.3 Å². The molecule has 0 saturated carbocycles. The first-order chi connectivity index (χ1) is 13.5. The molecule has 28 heavy (non-hydrogen) atoms. The van der Waals surface area contributed by atoms with Gasteiger partial charge < -0.3 is 10.1 Å². The molecule has 3 aromatic rings. The highest BCUT2D eigenvalue weighted by Gasteiger charge is 2.08. The van der Waals surface area contributed by atoms with Crippen molar-refractivity contribution in [3.05, 3.63) is 89.0 Å². The largest absolute Gasteiger partial charge is 0.483 e. The van der Waals surface area contributed by atoms with Crippen LogP contribution in [0, 0.1) is 20.8 Å². The number of nitrogens with one attached hydrogen (secondary N) is 1.